The number of nitrogens with zero attached hydrogens (tertiary/aromatic N) is 2. The quantitative estimate of drug-likeness (QED) is 0.837. The molecular weight excluding hydrogens is 267 g/mol. The van der Waals surface area contributed by atoms with E-state index < -0.39 is 11.7 Å². The fourth-order valence-corrected chi connectivity index (χ4v) is 2.72. The number of anilines is 1. The summed E-state index contributed by atoms with van der Waals surface area (Å²) >= 11 is 0. The van der Waals surface area contributed by atoms with Crippen molar-refractivity contribution in [1.82, 2.24) is 0 Å². The Morgan fingerprint density at radius 2 is 1.90 bits per heavy atom. The van der Waals surface area contributed by atoms with Crippen LogP contribution in [0.5, 0.6) is 0 Å². The molecule has 0 unspecified atom stereocenters. The molecular formula is C14H15F3N3+. The van der Waals surface area contributed by atoms with Crippen molar-refractivity contribution in [3.05, 3.63) is 22.9 Å². The molecule has 1 aromatic heterocycles. The van der Waals surface area contributed by atoms with E-state index in [1.165, 1.54) is 0 Å². The van der Waals surface area contributed by atoms with E-state index in [1.54, 1.807) is 6.07 Å². The Labute approximate surface area is 115 Å². The Kier molecular flexibility index (Phi) is 3.08. The van der Waals surface area contributed by atoms with E-state index >= 15 is 0 Å². The van der Waals surface area contributed by atoms with Crippen LogP contribution in [0.3, 0.4) is 0 Å². The summed E-state index contributed by atoms with van der Waals surface area (Å²) in [6, 6.07) is 2.86. The Morgan fingerprint density at radius 1 is 1.25 bits per heavy atom. The SMILES string of the molecule is N#Cc1c(C(F)(F)F)cc(C2CC2)[nH+]c1N1CCCC1. The molecule has 2 fully saturated rings. The smallest absolute Gasteiger partial charge is 0.261 e. The van der Waals surface area contributed by atoms with Crippen LogP contribution in [0.25, 0.3) is 0 Å². The third-order valence-electron chi connectivity index (χ3n) is 3.93. The Hall–Kier alpha value is -1.77. The van der Waals surface area contributed by atoms with Gasteiger partial charge in [-0.05, 0) is 31.7 Å². The van der Waals surface area contributed by atoms with Crippen LogP contribution in [0, 0.1) is 11.3 Å². The lowest BCUT2D eigenvalue weighted by molar-refractivity contribution is -0.377. The van der Waals surface area contributed by atoms with Crippen LogP contribution in [0.4, 0.5) is 19.0 Å². The molecule has 1 saturated carbocycles. The molecule has 0 amide bonds. The van der Waals surface area contributed by atoms with Crippen LogP contribution in [0.15, 0.2) is 6.07 Å². The van der Waals surface area contributed by atoms with Gasteiger partial charge in [0, 0.05) is 5.92 Å². The zero-order chi connectivity index (χ0) is 14.3. The number of nitriles is 1. The first kappa shape index (κ1) is 13.2. The van der Waals surface area contributed by atoms with E-state index in [-0.39, 0.29) is 11.5 Å². The van der Waals surface area contributed by atoms with Gasteiger partial charge in [0.25, 0.3) is 5.82 Å². The molecule has 2 heterocycles. The maximum atomic E-state index is 13.2. The minimum Gasteiger partial charge on any atom is -0.261 e. The highest BCUT2D eigenvalue weighted by Crippen LogP contribution is 2.42. The summed E-state index contributed by atoms with van der Waals surface area (Å²) < 4.78 is 39.5. The van der Waals surface area contributed by atoms with Crippen LogP contribution in [-0.4, -0.2) is 13.1 Å². The van der Waals surface area contributed by atoms with E-state index in [2.05, 4.69) is 4.98 Å². The van der Waals surface area contributed by atoms with Gasteiger partial charge in [0.05, 0.1) is 18.7 Å². The zero-order valence-electron chi connectivity index (χ0n) is 10.9. The molecule has 106 valence electrons. The molecule has 6 heteroatoms. The molecule has 3 nitrogen and oxygen atoms in total. The van der Waals surface area contributed by atoms with Crippen LogP contribution in [0.2, 0.25) is 0 Å². The number of rotatable bonds is 2. The molecule has 1 aliphatic carbocycles. The second-order valence-corrected chi connectivity index (χ2v) is 5.44. The molecule has 20 heavy (non-hydrogen) atoms. The van der Waals surface area contributed by atoms with E-state index in [4.69, 9.17) is 0 Å². The second kappa shape index (κ2) is 4.65. The molecule has 1 aliphatic heterocycles. The molecule has 1 saturated heterocycles. The highest BCUT2D eigenvalue weighted by molar-refractivity contribution is 5.56. The molecule has 0 aromatic carbocycles. The van der Waals surface area contributed by atoms with E-state index in [9.17, 15) is 18.4 Å². The summed E-state index contributed by atoms with van der Waals surface area (Å²) in [6.07, 6.45) is -0.752. The normalized spacial score (nSPS) is 19.2. The van der Waals surface area contributed by atoms with Crippen LogP contribution in [-0.2, 0) is 6.18 Å². The largest absolute Gasteiger partial charge is 0.418 e. The Morgan fingerprint density at radius 3 is 2.40 bits per heavy atom. The van der Waals surface area contributed by atoms with Crippen molar-refractivity contribution in [2.45, 2.75) is 37.8 Å². The van der Waals surface area contributed by atoms with Gasteiger partial charge in [0.1, 0.15) is 11.8 Å². The van der Waals surface area contributed by atoms with Gasteiger partial charge in [-0.15, -0.1) is 0 Å². The molecule has 0 atom stereocenters. The first-order valence-corrected chi connectivity index (χ1v) is 6.83. The number of H-pyrrole nitrogens is 1. The van der Waals surface area contributed by atoms with Crippen molar-refractivity contribution in [2.24, 2.45) is 0 Å². The Balaban J connectivity index is 2.15. The molecule has 1 N–H and O–H groups in total. The Bertz CT molecular complexity index is 564. The highest BCUT2D eigenvalue weighted by Gasteiger charge is 2.41. The van der Waals surface area contributed by atoms with Gasteiger partial charge in [-0.25, -0.2) is 4.98 Å². The van der Waals surface area contributed by atoms with Crippen molar-refractivity contribution in [1.29, 1.82) is 5.26 Å². The number of alkyl halides is 3. The van der Waals surface area contributed by atoms with Gasteiger partial charge in [-0.1, -0.05) is 0 Å². The summed E-state index contributed by atoms with van der Waals surface area (Å²) in [5.74, 6) is 0.534. The summed E-state index contributed by atoms with van der Waals surface area (Å²) in [5.41, 5.74) is -0.468. The maximum absolute atomic E-state index is 13.2. The zero-order valence-corrected chi connectivity index (χ0v) is 10.9. The number of hydrogen-bond donors (Lipinski definition) is 0. The number of aromatic nitrogens is 1. The third-order valence-corrected chi connectivity index (χ3v) is 3.93. The molecule has 0 bridgehead atoms. The molecule has 0 radical (unpaired) electrons. The fraction of sp³-hybridized carbons (Fsp3) is 0.571. The summed E-state index contributed by atoms with van der Waals surface area (Å²) in [4.78, 5) is 4.94. The van der Waals surface area contributed by atoms with E-state index in [1.807, 2.05) is 4.90 Å². The number of hydrogen-bond acceptors (Lipinski definition) is 2. The second-order valence-electron chi connectivity index (χ2n) is 5.44. The average molecular weight is 282 g/mol. The number of halogens is 3. The van der Waals surface area contributed by atoms with Crippen LogP contribution >= 0.6 is 0 Å². The van der Waals surface area contributed by atoms with Crippen LogP contribution < -0.4 is 9.88 Å². The first-order valence-electron chi connectivity index (χ1n) is 6.83. The maximum Gasteiger partial charge on any atom is 0.418 e. The van der Waals surface area contributed by atoms with Crippen molar-refractivity contribution in [3.63, 3.8) is 0 Å². The molecule has 2 aliphatic rings. The number of pyridine rings is 1. The number of aromatic amines is 1. The first-order chi connectivity index (χ1) is 9.50. The predicted octanol–water partition coefficient (Wildman–Crippen LogP) is 2.87. The lowest BCUT2D eigenvalue weighted by Gasteiger charge is -2.15. The minimum absolute atomic E-state index is 0.185. The molecule has 3 rings (SSSR count). The van der Waals surface area contributed by atoms with Crippen molar-refractivity contribution in [3.8, 4) is 6.07 Å². The summed E-state index contributed by atoms with van der Waals surface area (Å²) in [6.45, 7) is 1.41. The van der Waals surface area contributed by atoms with Gasteiger partial charge in [-0.2, -0.15) is 18.4 Å². The van der Waals surface area contributed by atoms with Gasteiger partial charge < -0.3 is 0 Å². The highest BCUT2D eigenvalue weighted by atomic mass is 19.4. The van der Waals surface area contributed by atoms with Crippen molar-refractivity contribution >= 4 is 5.82 Å². The lowest BCUT2D eigenvalue weighted by Crippen LogP contribution is -2.31. The minimum atomic E-state index is -4.49. The van der Waals surface area contributed by atoms with Crippen LogP contribution in [0.1, 0.15) is 48.4 Å². The van der Waals surface area contributed by atoms with Gasteiger partial charge in [0.15, 0.2) is 5.56 Å². The predicted molar refractivity (Wildman–Crippen MR) is 66.1 cm³/mol. The fourth-order valence-electron chi connectivity index (χ4n) is 2.72. The topological polar surface area (TPSA) is 41.2 Å². The molecule has 0 spiro atoms. The third kappa shape index (κ3) is 2.33. The van der Waals surface area contributed by atoms with Gasteiger partial charge in [0.2, 0.25) is 0 Å². The van der Waals surface area contributed by atoms with Crippen molar-refractivity contribution < 1.29 is 18.2 Å². The molecule has 1 aromatic rings. The monoisotopic (exact) mass is 282 g/mol. The standard InChI is InChI=1S/C14H14F3N3/c15-14(16,17)11-7-12(9-3-4-9)19-13(10(11)8-18)20-5-1-2-6-20/h7,9H,1-6H2/p+1. The van der Waals surface area contributed by atoms with E-state index in [0.717, 1.165) is 31.7 Å². The number of nitrogens with one attached hydrogen (secondary N) is 1. The van der Waals surface area contributed by atoms with Gasteiger partial charge in [-0.3, -0.25) is 4.90 Å². The van der Waals surface area contributed by atoms with E-state index in [0.29, 0.717) is 24.6 Å². The van der Waals surface area contributed by atoms with Gasteiger partial charge >= 0.3 is 6.18 Å². The lowest BCUT2D eigenvalue weighted by atomic mass is 10.1. The summed E-state index contributed by atoms with van der Waals surface area (Å²) in [7, 11) is 0. The van der Waals surface area contributed by atoms with Crippen molar-refractivity contribution in [2.75, 3.05) is 18.0 Å². The average Bonchev–Trinajstić information content (AvgIpc) is 3.11. The summed E-state index contributed by atoms with van der Waals surface area (Å²) in [5, 5.41) is 9.17.